The molecule has 0 fully saturated rings. The number of fused-ring (bicyclic) bond motifs is 1. The summed E-state index contributed by atoms with van der Waals surface area (Å²) < 4.78 is 5.18. The summed E-state index contributed by atoms with van der Waals surface area (Å²) in [6, 6.07) is 15.0. The molecule has 0 saturated heterocycles. The van der Waals surface area contributed by atoms with Crippen molar-refractivity contribution in [3.8, 4) is 0 Å². The number of hydrogen-bond donors (Lipinski definition) is 2. The van der Waals surface area contributed by atoms with E-state index in [1.54, 1.807) is 12.1 Å². The lowest BCUT2D eigenvalue weighted by molar-refractivity contribution is 0.140. The minimum atomic E-state index is -0.929. The van der Waals surface area contributed by atoms with Crippen LogP contribution < -0.4 is 5.32 Å². The van der Waals surface area contributed by atoms with E-state index in [1.807, 2.05) is 36.4 Å². The normalized spacial score (nSPS) is 13.1. The Labute approximate surface area is 139 Å². The number of hydrogen-bond acceptors (Lipinski definition) is 3. The third-order valence-electron chi connectivity index (χ3n) is 3.95. The molecule has 2 aromatic carbocycles. The van der Waals surface area contributed by atoms with Gasteiger partial charge < -0.3 is 14.7 Å². The Hall–Kier alpha value is -3.02. The fourth-order valence-corrected chi connectivity index (χ4v) is 2.68. The van der Waals surface area contributed by atoms with Crippen molar-refractivity contribution in [2.24, 2.45) is 0 Å². The Balaban J connectivity index is 1.60. The molecular formula is C18H18N2O4. The Morgan fingerprint density at radius 2 is 1.92 bits per heavy atom. The van der Waals surface area contributed by atoms with Crippen LogP contribution in [0.3, 0.4) is 0 Å². The molecule has 0 radical (unpaired) electrons. The molecule has 0 bridgehead atoms. The molecule has 0 spiro atoms. The predicted molar refractivity (Wildman–Crippen MR) is 88.8 cm³/mol. The number of nitrogens with one attached hydrogen (secondary N) is 1. The van der Waals surface area contributed by atoms with Gasteiger partial charge in [-0.25, -0.2) is 9.59 Å². The lowest BCUT2D eigenvalue weighted by Crippen LogP contribution is -2.34. The molecule has 0 saturated carbocycles. The molecule has 0 aromatic heterocycles. The van der Waals surface area contributed by atoms with Crippen molar-refractivity contribution in [3.05, 3.63) is 65.2 Å². The first-order chi connectivity index (χ1) is 11.6. The van der Waals surface area contributed by atoms with E-state index in [1.165, 1.54) is 4.90 Å². The Kier molecular flexibility index (Phi) is 4.65. The molecule has 0 atom stereocenters. The first-order valence-electron chi connectivity index (χ1n) is 7.69. The zero-order valence-electron chi connectivity index (χ0n) is 13.1. The summed E-state index contributed by atoms with van der Waals surface area (Å²) in [5.41, 5.74) is 3.52. The highest BCUT2D eigenvalue weighted by molar-refractivity contribution is 5.84. The van der Waals surface area contributed by atoms with E-state index in [9.17, 15) is 9.59 Å². The van der Waals surface area contributed by atoms with Crippen LogP contribution in [0.2, 0.25) is 0 Å². The number of rotatable bonds is 3. The zero-order chi connectivity index (χ0) is 16.9. The number of carbonyl (C=O) groups excluding carboxylic acids is 1. The van der Waals surface area contributed by atoms with E-state index in [0.29, 0.717) is 25.2 Å². The monoisotopic (exact) mass is 326 g/mol. The van der Waals surface area contributed by atoms with Crippen LogP contribution in [-0.4, -0.2) is 28.7 Å². The van der Waals surface area contributed by atoms with Crippen LogP contribution in [0.4, 0.5) is 15.3 Å². The Bertz CT molecular complexity index is 746. The summed E-state index contributed by atoms with van der Waals surface area (Å²) >= 11 is 0. The maximum atomic E-state index is 11.9. The fraction of sp³-hybridized carbons (Fsp3) is 0.222. The molecule has 2 amide bonds. The van der Waals surface area contributed by atoms with E-state index in [4.69, 9.17) is 9.84 Å². The summed E-state index contributed by atoms with van der Waals surface area (Å²) in [5.74, 6) is 0. The lowest BCUT2D eigenvalue weighted by atomic mass is 9.99. The summed E-state index contributed by atoms with van der Waals surface area (Å²) in [5, 5.41) is 11.8. The van der Waals surface area contributed by atoms with E-state index < -0.39 is 12.2 Å². The summed E-state index contributed by atoms with van der Waals surface area (Å²) in [6.07, 6.45) is -0.786. The SMILES string of the molecule is O=C(Nc1ccc2c(c1)CN(C(=O)O)CC2)OCc1ccccc1. The van der Waals surface area contributed by atoms with Gasteiger partial charge in [-0.1, -0.05) is 36.4 Å². The molecule has 1 heterocycles. The zero-order valence-corrected chi connectivity index (χ0v) is 13.1. The molecule has 1 aliphatic rings. The number of ether oxygens (including phenoxy) is 1. The number of nitrogens with zero attached hydrogens (tertiary/aromatic N) is 1. The van der Waals surface area contributed by atoms with Gasteiger partial charge >= 0.3 is 12.2 Å². The van der Waals surface area contributed by atoms with E-state index in [2.05, 4.69) is 5.32 Å². The van der Waals surface area contributed by atoms with Crippen LogP contribution in [0.1, 0.15) is 16.7 Å². The second-order valence-electron chi connectivity index (χ2n) is 5.62. The number of amides is 2. The Morgan fingerprint density at radius 3 is 2.67 bits per heavy atom. The van der Waals surface area contributed by atoms with Crippen molar-refractivity contribution in [1.29, 1.82) is 0 Å². The van der Waals surface area contributed by atoms with E-state index in [0.717, 1.165) is 16.7 Å². The molecule has 3 rings (SSSR count). The molecule has 6 nitrogen and oxygen atoms in total. The highest BCUT2D eigenvalue weighted by Crippen LogP contribution is 2.23. The molecule has 6 heteroatoms. The Morgan fingerprint density at radius 1 is 1.12 bits per heavy atom. The molecule has 2 N–H and O–H groups in total. The lowest BCUT2D eigenvalue weighted by Gasteiger charge is -2.26. The predicted octanol–water partition coefficient (Wildman–Crippen LogP) is 3.47. The number of carboxylic acid groups (broad SMARTS) is 1. The van der Waals surface area contributed by atoms with E-state index >= 15 is 0 Å². The second kappa shape index (κ2) is 7.04. The van der Waals surface area contributed by atoms with Crippen molar-refractivity contribution in [2.75, 3.05) is 11.9 Å². The van der Waals surface area contributed by atoms with Crippen LogP contribution in [0.25, 0.3) is 0 Å². The van der Waals surface area contributed by atoms with Gasteiger partial charge in [0.2, 0.25) is 0 Å². The smallest absolute Gasteiger partial charge is 0.411 e. The molecule has 1 aliphatic heterocycles. The maximum Gasteiger partial charge on any atom is 0.411 e. The average Bonchev–Trinajstić information content (AvgIpc) is 2.60. The highest BCUT2D eigenvalue weighted by Gasteiger charge is 2.20. The van der Waals surface area contributed by atoms with Crippen LogP contribution in [0.15, 0.2) is 48.5 Å². The standard InChI is InChI=1S/C18H18N2O4/c21-17(24-12-13-4-2-1-3-5-13)19-16-7-6-14-8-9-20(18(22)23)11-15(14)10-16/h1-7,10H,8-9,11-12H2,(H,19,21)(H,22,23). The van der Waals surface area contributed by atoms with Gasteiger partial charge in [0.25, 0.3) is 0 Å². The molecule has 2 aromatic rings. The van der Waals surface area contributed by atoms with Crippen molar-refractivity contribution in [3.63, 3.8) is 0 Å². The number of benzene rings is 2. The van der Waals surface area contributed by atoms with Crippen LogP contribution in [0, 0.1) is 0 Å². The minimum absolute atomic E-state index is 0.199. The van der Waals surface area contributed by atoms with Gasteiger partial charge in [0, 0.05) is 18.8 Å². The maximum absolute atomic E-state index is 11.9. The third-order valence-corrected chi connectivity index (χ3v) is 3.95. The average molecular weight is 326 g/mol. The molecule has 0 aliphatic carbocycles. The third kappa shape index (κ3) is 3.84. The van der Waals surface area contributed by atoms with Crippen molar-refractivity contribution in [1.82, 2.24) is 4.90 Å². The summed E-state index contributed by atoms with van der Waals surface area (Å²) in [7, 11) is 0. The van der Waals surface area contributed by atoms with Gasteiger partial charge in [-0.3, -0.25) is 5.32 Å². The number of anilines is 1. The summed E-state index contributed by atoms with van der Waals surface area (Å²) in [4.78, 5) is 24.3. The fourth-order valence-electron chi connectivity index (χ4n) is 2.68. The molecular weight excluding hydrogens is 308 g/mol. The van der Waals surface area contributed by atoms with E-state index in [-0.39, 0.29) is 6.61 Å². The van der Waals surface area contributed by atoms with Crippen molar-refractivity contribution >= 4 is 17.9 Å². The second-order valence-corrected chi connectivity index (χ2v) is 5.62. The topological polar surface area (TPSA) is 78.9 Å². The first kappa shape index (κ1) is 15.9. The summed E-state index contributed by atoms with van der Waals surface area (Å²) in [6.45, 7) is 1.03. The van der Waals surface area contributed by atoms with Crippen LogP contribution in [0.5, 0.6) is 0 Å². The molecule has 124 valence electrons. The van der Waals surface area contributed by atoms with Gasteiger partial charge in [0.05, 0.1) is 0 Å². The van der Waals surface area contributed by atoms with Crippen molar-refractivity contribution < 1.29 is 19.4 Å². The minimum Gasteiger partial charge on any atom is -0.465 e. The van der Waals surface area contributed by atoms with Crippen molar-refractivity contribution in [2.45, 2.75) is 19.6 Å². The van der Waals surface area contributed by atoms with Gasteiger partial charge in [-0.05, 0) is 35.2 Å². The first-order valence-corrected chi connectivity index (χ1v) is 7.69. The molecule has 24 heavy (non-hydrogen) atoms. The van der Waals surface area contributed by atoms with Gasteiger partial charge in [0.15, 0.2) is 0 Å². The quantitative estimate of drug-likeness (QED) is 0.905. The van der Waals surface area contributed by atoms with Crippen LogP contribution in [-0.2, 0) is 24.3 Å². The molecule has 0 unspecified atom stereocenters. The van der Waals surface area contributed by atoms with Gasteiger partial charge in [0.1, 0.15) is 6.61 Å². The largest absolute Gasteiger partial charge is 0.465 e. The highest BCUT2D eigenvalue weighted by atomic mass is 16.5. The van der Waals surface area contributed by atoms with Gasteiger partial charge in [-0.2, -0.15) is 0 Å². The van der Waals surface area contributed by atoms with Crippen LogP contribution >= 0.6 is 0 Å². The number of carbonyl (C=O) groups is 2. The van der Waals surface area contributed by atoms with Gasteiger partial charge in [-0.15, -0.1) is 0 Å².